The van der Waals surface area contributed by atoms with Crippen LogP contribution in [0.2, 0.25) is 0 Å². The first kappa shape index (κ1) is 15.8. The molecule has 0 saturated carbocycles. The van der Waals surface area contributed by atoms with Crippen molar-refractivity contribution in [1.29, 1.82) is 0 Å². The molecule has 1 aromatic heterocycles. The van der Waals surface area contributed by atoms with Crippen LogP contribution in [-0.2, 0) is 23.0 Å². The maximum Gasteiger partial charge on any atom is 0.263 e. The van der Waals surface area contributed by atoms with Crippen molar-refractivity contribution >= 4 is 15.8 Å². The predicted molar refractivity (Wildman–Crippen MR) is 85.1 cm³/mol. The molecule has 0 bridgehead atoms. The molecule has 1 aliphatic heterocycles. The summed E-state index contributed by atoms with van der Waals surface area (Å²) in [5.41, 5.74) is 1.66. The number of aryl methyl sites for hydroxylation is 1. The van der Waals surface area contributed by atoms with Crippen LogP contribution in [-0.4, -0.2) is 36.0 Å². The van der Waals surface area contributed by atoms with Gasteiger partial charge in [0.05, 0.1) is 18.0 Å². The van der Waals surface area contributed by atoms with Gasteiger partial charge in [0.15, 0.2) is 5.82 Å². The molecule has 23 heavy (non-hydrogen) atoms. The minimum atomic E-state index is -3.71. The summed E-state index contributed by atoms with van der Waals surface area (Å²) in [6.45, 7) is 4.01. The van der Waals surface area contributed by atoms with E-state index < -0.39 is 10.0 Å². The fraction of sp³-hybridized carbons (Fsp3) is 0.400. The molecule has 8 heteroatoms. The average molecular weight is 337 g/mol. The van der Waals surface area contributed by atoms with Gasteiger partial charge in [-0.15, -0.1) is 0 Å². The molecule has 7 nitrogen and oxygen atoms in total. The predicted octanol–water partition coefficient (Wildman–Crippen LogP) is 1.31. The number of fused-ring (bicyclic) bond motifs is 1. The summed E-state index contributed by atoms with van der Waals surface area (Å²) < 4.78 is 34.6. The highest BCUT2D eigenvalue weighted by molar-refractivity contribution is 7.92. The zero-order valence-corrected chi connectivity index (χ0v) is 13.8. The van der Waals surface area contributed by atoms with Crippen molar-refractivity contribution in [3.63, 3.8) is 0 Å². The fourth-order valence-electron chi connectivity index (χ4n) is 2.64. The normalized spacial score (nSPS) is 16.9. The Morgan fingerprint density at radius 1 is 1.43 bits per heavy atom. The summed E-state index contributed by atoms with van der Waals surface area (Å²) in [5, 5.41) is 13.1. The van der Waals surface area contributed by atoms with Crippen LogP contribution in [0.25, 0.3) is 0 Å². The van der Waals surface area contributed by atoms with Crippen LogP contribution in [0.15, 0.2) is 29.2 Å². The van der Waals surface area contributed by atoms with Crippen LogP contribution in [0.1, 0.15) is 18.2 Å². The van der Waals surface area contributed by atoms with E-state index >= 15 is 0 Å². The van der Waals surface area contributed by atoms with E-state index in [1.165, 1.54) is 6.07 Å². The Hall–Kier alpha value is -2.06. The van der Waals surface area contributed by atoms with Crippen molar-refractivity contribution in [3.8, 4) is 5.75 Å². The third kappa shape index (κ3) is 3.18. The van der Waals surface area contributed by atoms with Gasteiger partial charge in [-0.3, -0.25) is 9.40 Å². The van der Waals surface area contributed by atoms with Crippen LogP contribution >= 0.6 is 0 Å². The van der Waals surface area contributed by atoms with E-state index in [0.717, 1.165) is 17.0 Å². The number of aromatic nitrogens is 2. The molecule has 1 aromatic carbocycles. The maximum atomic E-state index is 12.5. The highest BCUT2D eigenvalue weighted by Crippen LogP contribution is 2.31. The van der Waals surface area contributed by atoms with Crippen LogP contribution in [0, 0.1) is 6.92 Å². The Balaban J connectivity index is 1.85. The van der Waals surface area contributed by atoms with Gasteiger partial charge in [-0.25, -0.2) is 8.42 Å². The van der Waals surface area contributed by atoms with Gasteiger partial charge in [0.2, 0.25) is 0 Å². The van der Waals surface area contributed by atoms with Crippen molar-refractivity contribution in [2.24, 2.45) is 0 Å². The van der Waals surface area contributed by atoms with Gasteiger partial charge in [-0.2, -0.15) is 5.10 Å². The number of rotatable bonds is 5. The monoisotopic (exact) mass is 337 g/mol. The van der Waals surface area contributed by atoms with Crippen molar-refractivity contribution in [3.05, 3.63) is 35.5 Å². The lowest BCUT2D eigenvalue weighted by molar-refractivity contribution is 0.254. The number of benzene rings is 1. The Morgan fingerprint density at radius 3 is 2.96 bits per heavy atom. The standard InChI is InChI=1S/C15H19N3O4S/c1-10-7-15(16-18(10)5-6-19)17-23(20,21)13-3-4-14-12(9-13)8-11(2)22-14/h3-4,7,9,11,19H,5-6,8H2,1-2H3,(H,16,17). The summed E-state index contributed by atoms with van der Waals surface area (Å²) in [6.07, 6.45) is 0.760. The number of aliphatic hydroxyl groups excluding tert-OH is 1. The first-order chi connectivity index (χ1) is 10.9. The van der Waals surface area contributed by atoms with Crippen molar-refractivity contribution < 1.29 is 18.3 Å². The van der Waals surface area contributed by atoms with Gasteiger partial charge < -0.3 is 9.84 Å². The van der Waals surface area contributed by atoms with Gasteiger partial charge in [0.1, 0.15) is 11.9 Å². The van der Waals surface area contributed by atoms with Crippen molar-refractivity contribution in [2.75, 3.05) is 11.3 Å². The topological polar surface area (TPSA) is 93.5 Å². The quantitative estimate of drug-likeness (QED) is 0.858. The zero-order chi connectivity index (χ0) is 16.6. The molecule has 0 spiro atoms. The number of aliphatic hydroxyl groups is 1. The van der Waals surface area contributed by atoms with Crippen LogP contribution in [0.3, 0.4) is 0 Å². The molecule has 1 atom stereocenters. The highest BCUT2D eigenvalue weighted by atomic mass is 32.2. The van der Waals surface area contributed by atoms with Gasteiger partial charge in [0.25, 0.3) is 10.0 Å². The first-order valence-electron chi connectivity index (χ1n) is 7.37. The second kappa shape index (κ2) is 5.86. The van der Waals surface area contributed by atoms with Gasteiger partial charge in [-0.1, -0.05) is 0 Å². The number of ether oxygens (including phenoxy) is 1. The Bertz CT molecular complexity index is 829. The molecule has 0 saturated heterocycles. The van der Waals surface area contributed by atoms with E-state index in [0.29, 0.717) is 13.0 Å². The van der Waals surface area contributed by atoms with E-state index in [4.69, 9.17) is 9.84 Å². The summed E-state index contributed by atoms with van der Waals surface area (Å²) >= 11 is 0. The smallest absolute Gasteiger partial charge is 0.263 e. The second-order valence-corrected chi connectivity index (χ2v) is 7.31. The SMILES string of the molecule is Cc1cc(NS(=O)(=O)c2ccc3c(c2)CC(C)O3)nn1CCO. The Labute approximate surface area is 134 Å². The summed E-state index contributed by atoms with van der Waals surface area (Å²) in [6, 6.07) is 6.48. The van der Waals surface area contributed by atoms with Gasteiger partial charge >= 0.3 is 0 Å². The van der Waals surface area contributed by atoms with Crippen LogP contribution in [0.5, 0.6) is 5.75 Å². The largest absolute Gasteiger partial charge is 0.490 e. The number of hydrogen-bond acceptors (Lipinski definition) is 5. The molecule has 0 radical (unpaired) electrons. The molecule has 1 aliphatic rings. The van der Waals surface area contributed by atoms with E-state index in [1.54, 1.807) is 29.8 Å². The lowest BCUT2D eigenvalue weighted by Crippen LogP contribution is -2.14. The van der Waals surface area contributed by atoms with Crippen molar-refractivity contribution in [2.45, 2.75) is 37.8 Å². The van der Waals surface area contributed by atoms with E-state index in [9.17, 15) is 8.42 Å². The summed E-state index contributed by atoms with van der Waals surface area (Å²) in [4.78, 5) is 0.184. The molecular formula is C15H19N3O4S. The Morgan fingerprint density at radius 2 is 2.22 bits per heavy atom. The second-order valence-electron chi connectivity index (χ2n) is 5.63. The molecule has 3 rings (SSSR count). The van der Waals surface area contributed by atoms with E-state index in [1.807, 2.05) is 6.92 Å². The third-order valence-corrected chi connectivity index (χ3v) is 5.06. The molecule has 0 amide bonds. The number of anilines is 1. The average Bonchev–Trinajstić information content (AvgIpc) is 3.00. The minimum Gasteiger partial charge on any atom is -0.490 e. The summed E-state index contributed by atoms with van der Waals surface area (Å²) in [7, 11) is -3.71. The molecule has 0 fully saturated rings. The van der Waals surface area contributed by atoms with Crippen LogP contribution < -0.4 is 9.46 Å². The molecule has 124 valence electrons. The maximum absolute atomic E-state index is 12.5. The van der Waals surface area contributed by atoms with E-state index in [2.05, 4.69) is 9.82 Å². The number of hydrogen-bond donors (Lipinski definition) is 2. The molecule has 2 heterocycles. The van der Waals surface area contributed by atoms with Crippen LogP contribution in [0.4, 0.5) is 5.82 Å². The molecule has 0 aliphatic carbocycles. The van der Waals surface area contributed by atoms with Gasteiger partial charge in [-0.05, 0) is 37.6 Å². The first-order valence-corrected chi connectivity index (χ1v) is 8.85. The highest BCUT2D eigenvalue weighted by Gasteiger charge is 2.23. The van der Waals surface area contributed by atoms with Gasteiger partial charge in [0, 0.05) is 18.2 Å². The fourth-order valence-corrected chi connectivity index (χ4v) is 3.68. The molecule has 2 N–H and O–H groups in total. The lowest BCUT2D eigenvalue weighted by atomic mass is 10.1. The number of nitrogens with one attached hydrogen (secondary N) is 1. The number of sulfonamides is 1. The minimum absolute atomic E-state index is 0.0578. The molecule has 1 unspecified atom stereocenters. The summed E-state index contributed by atoms with van der Waals surface area (Å²) in [5.74, 6) is 0.973. The number of nitrogens with zero attached hydrogens (tertiary/aromatic N) is 2. The zero-order valence-electron chi connectivity index (χ0n) is 13.0. The van der Waals surface area contributed by atoms with E-state index in [-0.39, 0.29) is 23.4 Å². The molecule has 2 aromatic rings. The Kier molecular flexibility index (Phi) is 4.03. The van der Waals surface area contributed by atoms with Crippen molar-refractivity contribution in [1.82, 2.24) is 9.78 Å². The third-order valence-electron chi connectivity index (χ3n) is 3.71. The molecular weight excluding hydrogens is 318 g/mol. The lowest BCUT2D eigenvalue weighted by Gasteiger charge is -2.07.